The van der Waals surface area contributed by atoms with Gasteiger partial charge >= 0.3 is 0 Å². The quantitative estimate of drug-likeness (QED) is 0.673. The maximum atomic E-state index is 5.83. The molecule has 108 valence electrons. The van der Waals surface area contributed by atoms with Crippen molar-refractivity contribution in [1.82, 2.24) is 5.32 Å². The standard InChI is InChI=1S/C17H29NO/c1-5-6-7-10-15(3)18-12-13-19-17-11-8-9-14(2)16(17)4/h8-9,11,15,18H,5-7,10,12-13H2,1-4H3. The van der Waals surface area contributed by atoms with Crippen molar-refractivity contribution < 1.29 is 4.74 Å². The first kappa shape index (κ1) is 16.0. The van der Waals surface area contributed by atoms with Crippen LogP contribution in [0.3, 0.4) is 0 Å². The average molecular weight is 263 g/mol. The molecule has 0 saturated carbocycles. The number of hydrogen-bond acceptors (Lipinski definition) is 2. The van der Waals surface area contributed by atoms with Gasteiger partial charge in [0.2, 0.25) is 0 Å². The molecule has 0 amide bonds. The molecule has 2 nitrogen and oxygen atoms in total. The van der Waals surface area contributed by atoms with Gasteiger partial charge in [0.15, 0.2) is 0 Å². The SMILES string of the molecule is CCCCCC(C)NCCOc1cccc(C)c1C. The van der Waals surface area contributed by atoms with Crippen LogP contribution in [0.4, 0.5) is 0 Å². The fourth-order valence-corrected chi connectivity index (χ4v) is 2.15. The summed E-state index contributed by atoms with van der Waals surface area (Å²) in [4.78, 5) is 0. The fourth-order valence-electron chi connectivity index (χ4n) is 2.15. The third kappa shape index (κ3) is 6.11. The summed E-state index contributed by atoms with van der Waals surface area (Å²) < 4.78 is 5.83. The molecule has 1 N–H and O–H groups in total. The van der Waals surface area contributed by atoms with E-state index < -0.39 is 0 Å². The second-order valence-corrected chi connectivity index (χ2v) is 5.40. The highest BCUT2D eigenvalue weighted by Gasteiger charge is 2.03. The Morgan fingerprint density at radius 3 is 2.74 bits per heavy atom. The minimum Gasteiger partial charge on any atom is -0.492 e. The predicted molar refractivity (Wildman–Crippen MR) is 83.0 cm³/mol. The van der Waals surface area contributed by atoms with E-state index in [1.165, 1.54) is 36.8 Å². The van der Waals surface area contributed by atoms with Gasteiger partial charge in [0.1, 0.15) is 12.4 Å². The normalized spacial score (nSPS) is 12.4. The van der Waals surface area contributed by atoms with Crippen LogP contribution in [0, 0.1) is 13.8 Å². The van der Waals surface area contributed by atoms with Gasteiger partial charge in [-0.05, 0) is 44.4 Å². The van der Waals surface area contributed by atoms with Crippen LogP contribution in [0.2, 0.25) is 0 Å². The van der Waals surface area contributed by atoms with Gasteiger partial charge in [0, 0.05) is 12.6 Å². The summed E-state index contributed by atoms with van der Waals surface area (Å²) in [7, 11) is 0. The van der Waals surface area contributed by atoms with Crippen LogP contribution in [-0.4, -0.2) is 19.2 Å². The van der Waals surface area contributed by atoms with Crippen molar-refractivity contribution in [1.29, 1.82) is 0 Å². The molecule has 0 fully saturated rings. The Kier molecular flexibility index (Phi) is 7.57. The highest BCUT2D eigenvalue weighted by molar-refractivity contribution is 5.38. The molecule has 0 aromatic heterocycles. The van der Waals surface area contributed by atoms with Gasteiger partial charge < -0.3 is 10.1 Å². The van der Waals surface area contributed by atoms with Crippen LogP contribution in [0.1, 0.15) is 50.7 Å². The van der Waals surface area contributed by atoms with Crippen LogP contribution in [0.15, 0.2) is 18.2 Å². The molecule has 0 aliphatic carbocycles. The molecular weight excluding hydrogens is 234 g/mol. The molecule has 19 heavy (non-hydrogen) atoms. The molecule has 1 aromatic rings. The van der Waals surface area contributed by atoms with E-state index in [2.05, 4.69) is 45.1 Å². The highest BCUT2D eigenvalue weighted by Crippen LogP contribution is 2.20. The largest absolute Gasteiger partial charge is 0.492 e. The second-order valence-electron chi connectivity index (χ2n) is 5.40. The fraction of sp³-hybridized carbons (Fsp3) is 0.647. The van der Waals surface area contributed by atoms with E-state index in [-0.39, 0.29) is 0 Å². The Balaban J connectivity index is 2.18. The van der Waals surface area contributed by atoms with Gasteiger partial charge in [0.05, 0.1) is 0 Å². The zero-order valence-electron chi connectivity index (χ0n) is 13.0. The summed E-state index contributed by atoms with van der Waals surface area (Å²) in [5.74, 6) is 1.01. The minimum atomic E-state index is 0.591. The topological polar surface area (TPSA) is 21.3 Å². The molecule has 2 heteroatoms. The van der Waals surface area contributed by atoms with E-state index in [1.54, 1.807) is 0 Å². The Hall–Kier alpha value is -1.02. The maximum Gasteiger partial charge on any atom is 0.122 e. The summed E-state index contributed by atoms with van der Waals surface area (Å²) in [5.41, 5.74) is 2.54. The van der Waals surface area contributed by atoms with Crippen LogP contribution in [-0.2, 0) is 0 Å². The number of aryl methyl sites for hydroxylation is 1. The van der Waals surface area contributed by atoms with E-state index in [1.807, 2.05) is 6.07 Å². The first-order valence-electron chi connectivity index (χ1n) is 7.57. The summed E-state index contributed by atoms with van der Waals surface area (Å²) in [6.07, 6.45) is 5.22. The van der Waals surface area contributed by atoms with Crippen molar-refractivity contribution in [2.45, 2.75) is 59.4 Å². The van der Waals surface area contributed by atoms with Crippen LogP contribution in [0.5, 0.6) is 5.75 Å². The number of ether oxygens (including phenoxy) is 1. The number of nitrogens with one attached hydrogen (secondary N) is 1. The molecule has 1 unspecified atom stereocenters. The van der Waals surface area contributed by atoms with Gasteiger partial charge in [-0.1, -0.05) is 38.3 Å². The molecule has 0 saturated heterocycles. The lowest BCUT2D eigenvalue weighted by atomic mass is 10.1. The van der Waals surface area contributed by atoms with E-state index in [4.69, 9.17) is 4.74 Å². The third-order valence-electron chi connectivity index (χ3n) is 3.65. The number of rotatable bonds is 9. The molecule has 0 bridgehead atoms. The first-order chi connectivity index (χ1) is 9.15. The molecule has 0 radical (unpaired) electrons. The van der Waals surface area contributed by atoms with Crippen molar-refractivity contribution in [3.63, 3.8) is 0 Å². The monoisotopic (exact) mass is 263 g/mol. The van der Waals surface area contributed by atoms with Crippen LogP contribution < -0.4 is 10.1 Å². The summed E-state index contributed by atoms with van der Waals surface area (Å²) >= 11 is 0. The third-order valence-corrected chi connectivity index (χ3v) is 3.65. The van der Waals surface area contributed by atoms with Gasteiger partial charge in [-0.25, -0.2) is 0 Å². The molecule has 1 atom stereocenters. The molecule has 0 spiro atoms. The van der Waals surface area contributed by atoms with Gasteiger partial charge in [0.25, 0.3) is 0 Å². The van der Waals surface area contributed by atoms with Crippen LogP contribution in [0.25, 0.3) is 0 Å². The number of hydrogen-bond donors (Lipinski definition) is 1. The lowest BCUT2D eigenvalue weighted by molar-refractivity contribution is 0.302. The van der Waals surface area contributed by atoms with Gasteiger partial charge in [-0.2, -0.15) is 0 Å². The minimum absolute atomic E-state index is 0.591. The van der Waals surface area contributed by atoms with Gasteiger partial charge in [-0.15, -0.1) is 0 Å². The first-order valence-corrected chi connectivity index (χ1v) is 7.57. The van der Waals surface area contributed by atoms with Crippen LogP contribution >= 0.6 is 0 Å². The number of unbranched alkanes of at least 4 members (excludes halogenated alkanes) is 2. The van der Waals surface area contributed by atoms with E-state index in [0.29, 0.717) is 6.04 Å². The van der Waals surface area contributed by atoms with E-state index in [0.717, 1.165) is 18.9 Å². The molecular formula is C17H29NO. The predicted octanol–water partition coefficient (Wildman–Crippen LogP) is 4.24. The molecule has 1 rings (SSSR count). The lowest BCUT2D eigenvalue weighted by Crippen LogP contribution is -2.30. The Labute approximate surface area is 118 Å². The molecule has 0 heterocycles. The summed E-state index contributed by atoms with van der Waals surface area (Å²) in [6, 6.07) is 6.82. The highest BCUT2D eigenvalue weighted by atomic mass is 16.5. The van der Waals surface area contributed by atoms with E-state index >= 15 is 0 Å². The van der Waals surface area contributed by atoms with Crippen molar-refractivity contribution in [3.05, 3.63) is 29.3 Å². The average Bonchev–Trinajstić information content (AvgIpc) is 2.39. The lowest BCUT2D eigenvalue weighted by Gasteiger charge is -2.15. The van der Waals surface area contributed by atoms with Crippen molar-refractivity contribution >= 4 is 0 Å². The second kappa shape index (κ2) is 8.98. The Bertz CT molecular complexity index is 362. The van der Waals surface area contributed by atoms with Crippen molar-refractivity contribution in [3.8, 4) is 5.75 Å². The van der Waals surface area contributed by atoms with Crippen molar-refractivity contribution in [2.75, 3.05) is 13.2 Å². The van der Waals surface area contributed by atoms with E-state index in [9.17, 15) is 0 Å². The Morgan fingerprint density at radius 1 is 1.21 bits per heavy atom. The number of benzene rings is 1. The zero-order chi connectivity index (χ0) is 14.1. The molecule has 0 aliphatic rings. The maximum absolute atomic E-state index is 5.83. The summed E-state index contributed by atoms with van der Waals surface area (Å²) in [5, 5.41) is 3.52. The molecule has 0 aliphatic heterocycles. The van der Waals surface area contributed by atoms with Crippen molar-refractivity contribution in [2.24, 2.45) is 0 Å². The van der Waals surface area contributed by atoms with Gasteiger partial charge in [-0.3, -0.25) is 0 Å². The summed E-state index contributed by atoms with van der Waals surface area (Å²) in [6.45, 7) is 10.4. The smallest absolute Gasteiger partial charge is 0.122 e. The Morgan fingerprint density at radius 2 is 2.00 bits per heavy atom. The molecule has 1 aromatic carbocycles. The zero-order valence-corrected chi connectivity index (χ0v) is 13.0.